The molecule has 0 amide bonds. The van der Waals surface area contributed by atoms with Crippen LogP contribution in [0.2, 0.25) is 0 Å². The molecule has 52 heavy (non-hydrogen) atoms. The van der Waals surface area contributed by atoms with Gasteiger partial charge in [0.1, 0.15) is 0 Å². The van der Waals surface area contributed by atoms with Gasteiger partial charge in [0.15, 0.2) is 0 Å². The van der Waals surface area contributed by atoms with E-state index in [0.717, 1.165) is 5.69 Å². The van der Waals surface area contributed by atoms with Crippen molar-refractivity contribution in [2.45, 2.75) is 0 Å². The molecule has 0 fully saturated rings. The quantitative estimate of drug-likeness (QED) is 0.178. The molecule has 0 aliphatic heterocycles. The highest BCUT2D eigenvalue weighted by molar-refractivity contribution is 6.13. The van der Waals surface area contributed by atoms with E-state index in [1.54, 1.807) is 0 Å². The van der Waals surface area contributed by atoms with E-state index in [0.29, 0.717) is 0 Å². The molecule has 0 atom stereocenters. The Hall–Kier alpha value is -6.84. The van der Waals surface area contributed by atoms with E-state index in [1.807, 2.05) is 0 Å². The molecular weight excluding hydrogens is 631 g/mol. The summed E-state index contributed by atoms with van der Waals surface area (Å²) >= 11 is 0. The van der Waals surface area contributed by atoms with Crippen molar-refractivity contribution in [1.29, 1.82) is 0 Å². The molecule has 3 aromatic heterocycles. The third-order valence-electron chi connectivity index (χ3n) is 11.1. The summed E-state index contributed by atoms with van der Waals surface area (Å²) in [5.41, 5.74) is 14.5. The Morgan fingerprint density at radius 2 is 0.654 bits per heavy atom. The average molecular weight is 664 g/mol. The summed E-state index contributed by atoms with van der Waals surface area (Å²) in [7, 11) is 2.17. The minimum atomic E-state index is 1.15. The highest BCUT2D eigenvalue weighted by Crippen LogP contribution is 2.40. The molecule has 3 nitrogen and oxygen atoms in total. The summed E-state index contributed by atoms with van der Waals surface area (Å²) in [5, 5.41) is 7.60. The first kappa shape index (κ1) is 28.9. The summed E-state index contributed by atoms with van der Waals surface area (Å²) in [4.78, 5) is 0. The number of rotatable bonds is 4. The monoisotopic (exact) mass is 663 g/mol. The Labute approximate surface area is 300 Å². The van der Waals surface area contributed by atoms with Gasteiger partial charge >= 0.3 is 0 Å². The van der Waals surface area contributed by atoms with Gasteiger partial charge in [-0.3, -0.25) is 0 Å². The Kier molecular flexibility index (Phi) is 6.17. The van der Waals surface area contributed by atoms with E-state index in [9.17, 15) is 0 Å². The first-order chi connectivity index (χ1) is 25.7. The largest absolute Gasteiger partial charge is 0.344 e. The van der Waals surface area contributed by atoms with Gasteiger partial charge < -0.3 is 13.7 Å². The molecule has 3 heteroatoms. The minimum absolute atomic E-state index is 1.15. The van der Waals surface area contributed by atoms with Crippen LogP contribution in [-0.2, 0) is 7.05 Å². The Morgan fingerprint density at radius 1 is 0.269 bits per heavy atom. The number of aromatic nitrogens is 3. The third kappa shape index (κ3) is 4.20. The number of hydrogen-bond acceptors (Lipinski definition) is 0. The number of para-hydroxylation sites is 4. The fourth-order valence-electron chi connectivity index (χ4n) is 8.58. The van der Waals surface area contributed by atoms with Crippen LogP contribution in [0.15, 0.2) is 182 Å². The van der Waals surface area contributed by atoms with Crippen molar-refractivity contribution in [2.75, 3.05) is 0 Å². The summed E-state index contributed by atoms with van der Waals surface area (Å²) in [5.74, 6) is 0. The predicted molar refractivity (Wildman–Crippen MR) is 220 cm³/mol. The molecule has 0 aliphatic carbocycles. The van der Waals surface area contributed by atoms with Crippen molar-refractivity contribution in [3.8, 4) is 33.6 Å². The molecule has 3 heterocycles. The second kappa shape index (κ2) is 11.1. The van der Waals surface area contributed by atoms with E-state index in [1.165, 1.54) is 93.4 Å². The summed E-state index contributed by atoms with van der Waals surface area (Å²) in [6, 6.07) is 66.6. The smallest absolute Gasteiger partial charge is 0.0547 e. The zero-order valence-corrected chi connectivity index (χ0v) is 28.7. The van der Waals surface area contributed by atoms with Gasteiger partial charge in [-0.15, -0.1) is 0 Å². The number of nitrogens with zero attached hydrogens (tertiary/aromatic N) is 3. The maximum Gasteiger partial charge on any atom is 0.0547 e. The van der Waals surface area contributed by atoms with Crippen molar-refractivity contribution < 1.29 is 0 Å². The molecule has 11 aromatic rings. The van der Waals surface area contributed by atoms with Crippen molar-refractivity contribution in [3.63, 3.8) is 0 Å². The third-order valence-corrected chi connectivity index (χ3v) is 11.1. The van der Waals surface area contributed by atoms with Crippen LogP contribution in [0.3, 0.4) is 0 Å². The lowest BCUT2D eigenvalue weighted by Gasteiger charge is -2.10. The Balaban J connectivity index is 1.10. The van der Waals surface area contributed by atoms with Crippen molar-refractivity contribution in [1.82, 2.24) is 13.7 Å². The molecule has 0 saturated carbocycles. The van der Waals surface area contributed by atoms with E-state index in [2.05, 4.69) is 203 Å². The lowest BCUT2D eigenvalue weighted by Crippen LogP contribution is -1.94. The molecule has 11 rings (SSSR count). The summed E-state index contributed by atoms with van der Waals surface area (Å²) in [6.07, 6.45) is 0. The van der Waals surface area contributed by atoms with Crippen molar-refractivity contribution in [2.24, 2.45) is 7.05 Å². The molecule has 0 saturated heterocycles. The maximum atomic E-state index is 2.44. The predicted octanol–water partition coefficient (Wildman–Crippen LogP) is 12.9. The van der Waals surface area contributed by atoms with Crippen molar-refractivity contribution >= 4 is 65.4 Å². The van der Waals surface area contributed by atoms with Gasteiger partial charge in [0.25, 0.3) is 0 Å². The van der Waals surface area contributed by atoms with Crippen LogP contribution in [0, 0.1) is 0 Å². The summed E-state index contributed by atoms with van der Waals surface area (Å²) in [6.45, 7) is 0. The van der Waals surface area contributed by atoms with E-state index in [-0.39, 0.29) is 0 Å². The van der Waals surface area contributed by atoms with Gasteiger partial charge in [-0.25, -0.2) is 0 Å². The number of aryl methyl sites for hydroxylation is 1. The SMILES string of the molecule is Cn1c2ccccc2c2ccc(-c3ccc4c5ccc(-c6ccc7c(c6)c6ccccc6n7-c6ccccc6)cc5n(-c5ccccc5)c4c3)cc21. The van der Waals surface area contributed by atoms with Crippen LogP contribution in [0.1, 0.15) is 0 Å². The van der Waals surface area contributed by atoms with Crippen LogP contribution in [0.4, 0.5) is 0 Å². The van der Waals surface area contributed by atoms with Crippen LogP contribution < -0.4 is 0 Å². The van der Waals surface area contributed by atoms with Crippen LogP contribution in [-0.4, -0.2) is 13.7 Å². The standard InChI is InChI=1S/C49H33N3/c1-50-44-18-10-8-16-38(44)40-24-20-33(29-47(40)50)35-22-26-42-41-25-21-34(30-48(41)52(49(42)31-35)37-14-6-3-7-15-37)32-23-27-46-43(28-32)39-17-9-11-19-45(39)51(46)36-12-4-2-5-13-36/h2-31H,1H3. The molecular formula is C49H33N3. The van der Waals surface area contributed by atoms with Crippen LogP contribution in [0.5, 0.6) is 0 Å². The minimum Gasteiger partial charge on any atom is -0.344 e. The van der Waals surface area contributed by atoms with E-state index < -0.39 is 0 Å². The first-order valence-electron chi connectivity index (χ1n) is 17.9. The molecule has 0 aliphatic rings. The highest BCUT2D eigenvalue weighted by Gasteiger charge is 2.17. The molecule has 0 radical (unpaired) electrons. The second-order valence-corrected chi connectivity index (χ2v) is 13.9. The molecule has 0 unspecified atom stereocenters. The zero-order chi connectivity index (χ0) is 34.3. The molecule has 0 bridgehead atoms. The number of benzene rings is 8. The molecule has 8 aromatic carbocycles. The zero-order valence-electron chi connectivity index (χ0n) is 28.7. The Bertz CT molecular complexity index is 3180. The normalized spacial score (nSPS) is 11.9. The first-order valence-corrected chi connectivity index (χ1v) is 17.9. The number of fused-ring (bicyclic) bond motifs is 9. The van der Waals surface area contributed by atoms with E-state index >= 15 is 0 Å². The van der Waals surface area contributed by atoms with Gasteiger partial charge in [-0.05, 0) is 89.0 Å². The second-order valence-electron chi connectivity index (χ2n) is 13.9. The number of hydrogen-bond donors (Lipinski definition) is 0. The van der Waals surface area contributed by atoms with Gasteiger partial charge in [-0.1, -0.05) is 115 Å². The fourth-order valence-corrected chi connectivity index (χ4v) is 8.58. The maximum absolute atomic E-state index is 2.44. The highest BCUT2D eigenvalue weighted by atomic mass is 15.0. The molecule has 244 valence electrons. The van der Waals surface area contributed by atoms with Gasteiger partial charge in [-0.2, -0.15) is 0 Å². The summed E-state index contributed by atoms with van der Waals surface area (Å²) < 4.78 is 7.12. The van der Waals surface area contributed by atoms with Crippen LogP contribution >= 0.6 is 0 Å². The van der Waals surface area contributed by atoms with Gasteiger partial charge in [0, 0.05) is 61.8 Å². The lowest BCUT2D eigenvalue weighted by molar-refractivity contribution is 1.01. The fraction of sp³-hybridized carbons (Fsp3) is 0.0204. The van der Waals surface area contributed by atoms with Crippen molar-refractivity contribution in [3.05, 3.63) is 182 Å². The lowest BCUT2D eigenvalue weighted by atomic mass is 10.00. The Morgan fingerprint density at radius 3 is 1.25 bits per heavy atom. The van der Waals surface area contributed by atoms with Crippen LogP contribution in [0.25, 0.3) is 99.0 Å². The topological polar surface area (TPSA) is 14.8 Å². The molecule has 0 spiro atoms. The van der Waals surface area contributed by atoms with Gasteiger partial charge in [0.2, 0.25) is 0 Å². The average Bonchev–Trinajstić information content (AvgIpc) is 3.82. The van der Waals surface area contributed by atoms with E-state index in [4.69, 9.17) is 0 Å². The van der Waals surface area contributed by atoms with Gasteiger partial charge in [0.05, 0.1) is 22.1 Å². The molecule has 0 N–H and O–H groups in total.